The van der Waals surface area contributed by atoms with Crippen molar-refractivity contribution in [2.45, 2.75) is 51.1 Å². The van der Waals surface area contributed by atoms with E-state index >= 15 is 0 Å². The zero-order chi connectivity index (χ0) is 24.7. The van der Waals surface area contributed by atoms with Crippen LogP contribution in [0.4, 0.5) is 0 Å². The van der Waals surface area contributed by atoms with Crippen LogP contribution < -0.4 is 0 Å². The number of phenols is 1. The average molecular weight is 477 g/mol. The summed E-state index contributed by atoms with van der Waals surface area (Å²) >= 11 is 1.29. The number of carbonyl (C=O) groups is 3. The summed E-state index contributed by atoms with van der Waals surface area (Å²) in [5.74, 6) is -1.97. The molecule has 0 aliphatic carbocycles. The Morgan fingerprint density at radius 2 is 2.03 bits per heavy atom. The monoisotopic (exact) mass is 476 g/mol. The Morgan fingerprint density at radius 1 is 1.36 bits per heavy atom. The van der Waals surface area contributed by atoms with Gasteiger partial charge in [0, 0.05) is 37.1 Å². The SMILES string of the molecule is CO[C@@]1(N=Cc2cc(C)c(O)c(C(C)(C)C)c2)C(=O)N2C(C(=O)O)=C(COC(C)=O)CS[C@@H]21. The van der Waals surface area contributed by atoms with Crippen LogP contribution in [0.5, 0.6) is 5.75 Å². The van der Waals surface area contributed by atoms with Crippen LogP contribution in [-0.2, 0) is 29.3 Å². The molecule has 2 aliphatic heterocycles. The molecule has 9 nitrogen and oxygen atoms in total. The second-order valence-corrected chi connectivity index (χ2v) is 10.1. The van der Waals surface area contributed by atoms with E-state index in [1.165, 1.54) is 32.0 Å². The number of aromatic hydroxyl groups is 1. The van der Waals surface area contributed by atoms with Gasteiger partial charge in [-0.3, -0.25) is 14.5 Å². The van der Waals surface area contributed by atoms with Gasteiger partial charge >= 0.3 is 11.9 Å². The first-order valence-corrected chi connectivity index (χ1v) is 11.4. The lowest BCUT2D eigenvalue weighted by atomic mass is 9.84. The number of thioether (sulfide) groups is 1. The third kappa shape index (κ3) is 4.37. The van der Waals surface area contributed by atoms with Crippen molar-refractivity contribution in [2.75, 3.05) is 19.5 Å². The zero-order valence-electron chi connectivity index (χ0n) is 19.5. The van der Waals surface area contributed by atoms with Crippen molar-refractivity contribution in [3.63, 3.8) is 0 Å². The van der Waals surface area contributed by atoms with E-state index in [9.17, 15) is 24.6 Å². The Hall–Kier alpha value is -2.85. The molecule has 1 aromatic rings. The number of carboxylic acids is 1. The number of amides is 1. The largest absolute Gasteiger partial charge is 0.507 e. The van der Waals surface area contributed by atoms with E-state index in [1.807, 2.05) is 26.8 Å². The lowest BCUT2D eigenvalue weighted by molar-refractivity contribution is -0.182. The molecule has 1 amide bonds. The van der Waals surface area contributed by atoms with Gasteiger partial charge in [0.1, 0.15) is 23.4 Å². The second kappa shape index (κ2) is 8.83. The second-order valence-electron chi connectivity index (χ2n) is 9.02. The number of esters is 1. The molecule has 0 bridgehead atoms. The Kier molecular flexibility index (Phi) is 6.63. The van der Waals surface area contributed by atoms with Crippen molar-refractivity contribution in [3.05, 3.63) is 40.1 Å². The number of aryl methyl sites for hydroxylation is 1. The maximum Gasteiger partial charge on any atom is 0.352 e. The molecule has 33 heavy (non-hydrogen) atoms. The number of phenolic OH excluding ortho intramolecular Hbond substituents is 1. The number of benzene rings is 1. The van der Waals surface area contributed by atoms with Gasteiger partial charge in [0.15, 0.2) is 0 Å². The van der Waals surface area contributed by atoms with Crippen LogP contribution in [0.3, 0.4) is 0 Å². The van der Waals surface area contributed by atoms with Gasteiger partial charge in [0.2, 0.25) is 0 Å². The third-order valence-corrected chi connectivity index (χ3v) is 6.95. The third-order valence-electron chi connectivity index (χ3n) is 5.59. The van der Waals surface area contributed by atoms with E-state index < -0.39 is 28.9 Å². The zero-order valence-corrected chi connectivity index (χ0v) is 20.3. The molecule has 0 saturated carbocycles. The van der Waals surface area contributed by atoms with Crippen LogP contribution in [0.25, 0.3) is 0 Å². The number of fused-ring (bicyclic) bond motifs is 1. The summed E-state index contributed by atoms with van der Waals surface area (Å²) in [5.41, 5.74) is 0.354. The number of rotatable bonds is 6. The number of methoxy groups -OCH3 is 1. The van der Waals surface area contributed by atoms with Crippen LogP contribution in [0.1, 0.15) is 44.4 Å². The summed E-state index contributed by atoms with van der Waals surface area (Å²) in [6.45, 7) is 8.77. The average Bonchev–Trinajstić information content (AvgIpc) is 2.73. The van der Waals surface area contributed by atoms with Gasteiger partial charge in [0.05, 0.1) is 0 Å². The molecule has 0 unspecified atom stereocenters. The van der Waals surface area contributed by atoms with E-state index in [0.29, 0.717) is 16.7 Å². The summed E-state index contributed by atoms with van der Waals surface area (Å²) < 4.78 is 10.5. The number of β-lactam (4-membered cyclic amide) rings is 1. The minimum atomic E-state index is -1.58. The van der Waals surface area contributed by atoms with Crippen LogP contribution in [-0.4, -0.2) is 69.7 Å². The van der Waals surface area contributed by atoms with Crippen molar-refractivity contribution in [2.24, 2.45) is 4.99 Å². The van der Waals surface area contributed by atoms with Crippen molar-refractivity contribution in [3.8, 4) is 5.75 Å². The van der Waals surface area contributed by atoms with Crippen LogP contribution >= 0.6 is 11.8 Å². The molecule has 3 rings (SSSR count). The molecule has 2 atom stereocenters. The summed E-state index contributed by atoms with van der Waals surface area (Å²) in [6, 6.07) is 3.57. The first kappa shape index (κ1) is 24.8. The standard InChI is InChI=1S/C23H28N2O7S/c1-12-7-14(8-16(18(12)27)22(3,4)5)9-24-23(31-6)20(30)25-17(19(28)29)15(10-32-13(2)26)11-33-21(23)25/h7-9,21,27H,10-11H2,1-6H3,(H,28,29)/t21-,23+/m1/s1. The van der Waals surface area contributed by atoms with Crippen LogP contribution in [0.2, 0.25) is 0 Å². The smallest absolute Gasteiger partial charge is 0.352 e. The molecular formula is C23H28N2O7S. The number of hydrogen-bond donors (Lipinski definition) is 2. The molecule has 2 N–H and O–H groups in total. The highest BCUT2D eigenvalue weighted by atomic mass is 32.2. The fraction of sp³-hybridized carbons (Fsp3) is 0.478. The molecule has 1 aromatic carbocycles. The molecular weight excluding hydrogens is 448 g/mol. The lowest BCUT2D eigenvalue weighted by Gasteiger charge is -2.53. The molecule has 1 fully saturated rings. The van der Waals surface area contributed by atoms with Gasteiger partial charge < -0.3 is 19.7 Å². The molecule has 0 spiro atoms. The number of ether oxygens (including phenoxy) is 2. The molecule has 0 aromatic heterocycles. The Bertz CT molecular complexity index is 1070. The predicted molar refractivity (Wildman–Crippen MR) is 123 cm³/mol. The minimum Gasteiger partial charge on any atom is -0.507 e. The molecule has 2 aliphatic rings. The summed E-state index contributed by atoms with van der Waals surface area (Å²) in [6.07, 6.45) is 1.51. The highest BCUT2D eigenvalue weighted by molar-refractivity contribution is 8.00. The molecule has 10 heteroatoms. The highest BCUT2D eigenvalue weighted by Crippen LogP contribution is 2.48. The van der Waals surface area contributed by atoms with Gasteiger partial charge in [-0.15, -0.1) is 11.8 Å². The maximum atomic E-state index is 13.1. The normalized spacial score (nSPS) is 22.9. The molecule has 178 valence electrons. The molecule has 1 saturated heterocycles. The number of carboxylic acid groups (broad SMARTS) is 1. The van der Waals surface area contributed by atoms with Gasteiger partial charge in [-0.05, 0) is 35.6 Å². The summed E-state index contributed by atoms with van der Waals surface area (Å²) in [5, 5.41) is 19.5. The van der Waals surface area contributed by atoms with Crippen molar-refractivity contribution in [1.29, 1.82) is 0 Å². The maximum absolute atomic E-state index is 13.1. The number of nitrogens with zero attached hydrogens (tertiary/aromatic N) is 2. The minimum absolute atomic E-state index is 0.202. The topological polar surface area (TPSA) is 126 Å². The lowest BCUT2D eigenvalue weighted by Crippen LogP contribution is -2.73. The van der Waals surface area contributed by atoms with Crippen molar-refractivity contribution >= 4 is 35.8 Å². The van der Waals surface area contributed by atoms with Gasteiger partial charge in [-0.2, -0.15) is 0 Å². The van der Waals surface area contributed by atoms with Crippen molar-refractivity contribution in [1.82, 2.24) is 4.90 Å². The number of aliphatic imine (C=N–C) groups is 1. The number of hydrogen-bond acceptors (Lipinski definition) is 8. The van der Waals surface area contributed by atoms with E-state index in [2.05, 4.69) is 4.99 Å². The fourth-order valence-corrected chi connectivity index (χ4v) is 5.27. The molecule has 2 heterocycles. The summed E-state index contributed by atoms with van der Waals surface area (Å²) in [7, 11) is 1.36. The fourth-order valence-electron chi connectivity index (χ4n) is 3.86. The summed E-state index contributed by atoms with van der Waals surface area (Å²) in [4.78, 5) is 41.8. The number of carbonyl (C=O) groups excluding carboxylic acids is 2. The first-order chi connectivity index (χ1) is 15.3. The highest BCUT2D eigenvalue weighted by Gasteiger charge is 2.66. The van der Waals surface area contributed by atoms with E-state index in [1.54, 1.807) is 13.0 Å². The quantitative estimate of drug-likeness (QED) is 0.365. The van der Waals surface area contributed by atoms with Crippen LogP contribution in [0.15, 0.2) is 28.4 Å². The van der Waals surface area contributed by atoms with E-state index in [0.717, 1.165) is 10.5 Å². The van der Waals surface area contributed by atoms with E-state index in [4.69, 9.17) is 9.47 Å². The van der Waals surface area contributed by atoms with E-state index in [-0.39, 0.29) is 29.2 Å². The van der Waals surface area contributed by atoms with Gasteiger partial charge in [-0.25, -0.2) is 9.79 Å². The Morgan fingerprint density at radius 3 is 2.58 bits per heavy atom. The Labute approximate surface area is 196 Å². The molecule has 0 radical (unpaired) electrons. The number of aliphatic carboxylic acids is 1. The van der Waals surface area contributed by atoms with Crippen LogP contribution in [0, 0.1) is 6.92 Å². The Balaban J connectivity index is 1.95. The van der Waals surface area contributed by atoms with Gasteiger partial charge in [0.25, 0.3) is 11.6 Å². The van der Waals surface area contributed by atoms with Crippen molar-refractivity contribution < 1.29 is 34.1 Å². The first-order valence-electron chi connectivity index (χ1n) is 10.3. The van der Waals surface area contributed by atoms with Gasteiger partial charge in [-0.1, -0.05) is 20.8 Å². The predicted octanol–water partition coefficient (Wildman–Crippen LogP) is 2.58.